The highest BCUT2D eigenvalue weighted by atomic mass is 79.9. The summed E-state index contributed by atoms with van der Waals surface area (Å²) in [5, 5.41) is 3.57. The third kappa shape index (κ3) is 2.89. The maximum atomic E-state index is 6.01. The van der Waals surface area contributed by atoms with Crippen molar-refractivity contribution in [2.75, 3.05) is 13.2 Å². The van der Waals surface area contributed by atoms with Gasteiger partial charge in [0.05, 0.1) is 6.61 Å². The maximum absolute atomic E-state index is 6.01. The Labute approximate surface area is 118 Å². The predicted octanol–water partition coefficient (Wildman–Crippen LogP) is 4.40. The summed E-state index contributed by atoms with van der Waals surface area (Å²) in [7, 11) is 0. The van der Waals surface area contributed by atoms with E-state index in [-0.39, 0.29) is 0 Å². The molecule has 0 saturated heterocycles. The molecule has 1 atom stereocenters. The zero-order valence-electron chi connectivity index (χ0n) is 11.4. The summed E-state index contributed by atoms with van der Waals surface area (Å²) in [6.07, 6.45) is 2.26. The van der Waals surface area contributed by atoms with Gasteiger partial charge in [-0.2, -0.15) is 0 Å². The van der Waals surface area contributed by atoms with Gasteiger partial charge < -0.3 is 10.1 Å². The van der Waals surface area contributed by atoms with Crippen LogP contribution in [0.25, 0.3) is 0 Å². The fraction of sp³-hybridized carbons (Fsp3) is 0.600. The summed E-state index contributed by atoms with van der Waals surface area (Å²) in [5.74, 6) is 1.59. The summed E-state index contributed by atoms with van der Waals surface area (Å²) in [5.41, 5.74) is 2.62. The first-order valence-corrected chi connectivity index (χ1v) is 7.62. The van der Waals surface area contributed by atoms with Crippen LogP contribution < -0.4 is 10.1 Å². The Kier molecular flexibility index (Phi) is 4.68. The summed E-state index contributed by atoms with van der Waals surface area (Å²) in [6, 6.07) is 4.82. The smallest absolute Gasteiger partial charge is 0.127 e. The molecule has 1 aromatic rings. The van der Waals surface area contributed by atoms with Crippen LogP contribution in [0, 0.1) is 0 Å². The lowest BCUT2D eigenvalue weighted by molar-refractivity contribution is 0.311. The van der Waals surface area contributed by atoms with Gasteiger partial charge in [0.15, 0.2) is 0 Å². The molecule has 1 heterocycles. The van der Waals surface area contributed by atoms with E-state index in [4.69, 9.17) is 4.74 Å². The largest absolute Gasteiger partial charge is 0.493 e. The molecular formula is C15H22BrNO. The number of hydrogen-bond acceptors (Lipinski definition) is 2. The van der Waals surface area contributed by atoms with Crippen LogP contribution >= 0.6 is 15.9 Å². The van der Waals surface area contributed by atoms with E-state index in [0.29, 0.717) is 12.0 Å². The molecule has 18 heavy (non-hydrogen) atoms. The van der Waals surface area contributed by atoms with E-state index < -0.39 is 0 Å². The molecule has 0 amide bonds. The van der Waals surface area contributed by atoms with Gasteiger partial charge >= 0.3 is 0 Å². The zero-order chi connectivity index (χ0) is 13.1. The maximum Gasteiger partial charge on any atom is 0.127 e. The number of fused-ring (bicyclic) bond motifs is 1. The number of rotatable bonds is 3. The van der Waals surface area contributed by atoms with Crippen LogP contribution in [0.1, 0.15) is 56.7 Å². The standard InChI is InChI=1S/C15H22BrNO/c1-4-17-14-6-5-7-18-15-12(10(2)3)8-11(16)9-13(14)15/h8-10,14,17H,4-7H2,1-3H3. The van der Waals surface area contributed by atoms with Crippen LogP contribution in [0.15, 0.2) is 16.6 Å². The second kappa shape index (κ2) is 6.07. The molecule has 1 unspecified atom stereocenters. The minimum absolute atomic E-state index is 0.419. The van der Waals surface area contributed by atoms with Gasteiger partial charge in [0.1, 0.15) is 5.75 Å². The van der Waals surface area contributed by atoms with Crippen LogP contribution in [0.5, 0.6) is 5.75 Å². The topological polar surface area (TPSA) is 21.3 Å². The second-order valence-electron chi connectivity index (χ2n) is 5.17. The van der Waals surface area contributed by atoms with Crippen molar-refractivity contribution in [2.24, 2.45) is 0 Å². The van der Waals surface area contributed by atoms with E-state index in [0.717, 1.165) is 36.2 Å². The summed E-state index contributed by atoms with van der Waals surface area (Å²) >= 11 is 3.63. The summed E-state index contributed by atoms with van der Waals surface area (Å²) in [4.78, 5) is 0. The lowest BCUT2D eigenvalue weighted by Crippen LogP contribution is -2.20. The Balaban J connectivity index is 2.49. The molecule has 0 bridgehead atoms. The van der Waals surface area contributed by atoms with Crippen LogP contribution in [0.3, 0.4) is 0 Å². The zero-order valence-corrected chi connectivity index (χ0v) is 13.0. The van der Waals surface area contributed by atoms with Gasteiger partial charge in [0.2, 0.25) is 0 Å². The highest BCUT2D eigenvalue weighted by Crippen LogP contribution is 2.39. The van der Waals surface area contributed by atoms with E-state index >= 15 is 0 Å². The lowest BCUT2D eigenvalue weighted by Gasteiger charge is -2.21. The first kappa shape index (κ1) is 13.9. The van der Waals surface area contributed by atoms with Gasteiger partial charge in [0, 0.05) is 16.1 Å². The highest BCUT2D eigenvalue weighted by molar-refractivity contribution is 9.10. The molecule has 1 N–H and O–H groups in total. The van der Waals surface area contributed by atoms with Gasteiger partial charge in [-0.1, -0.05) is 36.7 Å². The number of benzene rings is 1. The normalized spacial score (nSPS) is 19.3. The molecule has 3 heteroatoms. The van der Waals surface area contributed by atoms with E-state index in [1.807, 2.05) is 0 Å². The molecule has 0 radical (unpaired) electrons. The van der Waals surface area contributed by atoms with Gasteiger partial charge in [-0.25, -0.2) is 0 Å². The van der Waals surface area contributed by atoms with Crippen LogP contribution in [0.2, 0.25) is 0 Å². The van der Waals surface area contributed by atoms with Gasteiger partial charge in [-0.15, -0.1) is 0 Å². The van der Waals surface area contributed by atoms with Crippen molar-refractivity contribution < 1.29 is 4.74 Å². The van der Waals surface area contributed by atoms with Crippen molar-refractivity contribution >= 4 is 15.9 Å². The van der Waals surface area contributed by atoms with Crippen LogP contribution in [0.4, 0.5) is 0 Å². The number of hydrogen-bond donors (Lipinski definition) is 1. The number of ether oxygens (including phenoxy) is 1. The Hall–Kier alpha value is -0.540. The summed E-state index contributed by atoms with van der Waals surface area (Å²) in [6.45, 7) is 8.42. The van der Waals surface area contributed by atoms with Gasteiger partial charge in [-0.05, 0) is 43.0 Å². The number of halogens is 1. The minimum Gasteiger partial charge on any atom is -0.493 e. The second-order valence-corrected chi connectivity index (χ2v) is 6.08. The molecule has 1 aliphatic rings. The van der Waals surface area contributed by atoms with E-state index in [1.54, 1.807) is 0 Å². The minimum atomic E-state index is 0.419. The van der Waals surface area contributed by atoms with E-state index in [2.05, 4.69) is 54.2 Å². The third-order valence-electron chi connectivity index (χ3n) is 3.44. The van der Waals surface area contributed by atoms with Crippen molar-refractivity contribution in [1.82, 2.24) is 5.32 Å². The van der Waals surface area contributed by atoms with Crippen molar-refractivity contribution in [2.45, 2.75) is 45.6 Å². The van der Waals surface area contributed by atoms with Crippen molar-refractivity contribution in [3.8, 4) is 5.75 Å². The molecule has 2 nitrogen and oxygen atoms in total. The molecular weight excluding hydrogens is 290 g/mol. The fourth-order valence-corrected chi connectivity index (χ4v) is 3.06. The first-order chi connectivity index (χ1) is 8.63. The summed E-state index contributed by atoms with van der Waals surface area (Å²) < 4.78 is 7.16. The molecule has 0 aliphatic carbocycles. The molecule has 0 saturated carbocycles. The van der Waals surface area contributed by atoms with E-state index in [9.17, 15) is 0 Å². The van der Waals surface area contributed by atoms with Crippen molar-refractivity contribution in [3.05, 3.63) is 27.7 Å². The van der Waals surface area contributed by atoms with Gasteiger partial charge in [0.25, 0.3) is 0 Å². The first-order valence-electron chi connectivity index (χ1n) is 6.83. The van der Waals surface area contributed by atoms with Crippen molar-refractivity contribution in [1.29, 1.82) is 0 Å². The lowest BCUT2D eigenvalue weighted by atomic mass is 9.94. The highest BCUT2D eigenvalue weighted by Gasteiger charge is 2.23. The Morgan fingerprint density at radius 2 is 2.22 bits per heavy atom. The quantitative estimate of drug-likeness (QED) is 0.893. The number of nitrogens with one attached hydrogen (secondary N) is 1. The average Bonchev–Trinajstić information content (AvgIpc) is 2.52. The molecule has 2 rings (SSSR count). The molecule has 1 aliphatic heterocycles. The fourth-order valence-electron chi connectivity index (χ4n) is 2.57. The third-order valence-corrected chi connectivity index (χ3v) is 3.90. The average molecular weight is 312 g/mol. The van der Waals surface area contributed by atoms with Gasteiger partial charge in [-0.3, -0.25) is 0 Å². The Bertz CT molecular complexity index is 417. The van der Waals surface area contributed by atoms with Crippen LogP contribution in [-0.4, -0.2) is 13.2 Å². The van der Waals surface area contributed by atoms with Crippen LogP contribution in [-0.2, 0) is 0 Å². The molecule has 0 fully saturated rings. The molecule has 1 aromatic carbocycles. The van der Waals surface area contributed by atoms with Crippen molar-refractivity contribution in [3.63, 3.8) is 0 Å². The molecule has 0 aromatic heterocycles. The Morgan fingerprint density at radius 1 is 1.44 bits per heavy atom. The molecule has 0 spiro atoms. The Morgan fingerprint density at radius 3 is 2.89 bits per heavy atom. The molecule has 100 valence electrons. The SMILES string of the molecule is CCNC1CCCOc2c(C(C)C)cc(Br)cc21. The predicted molar refractivity (Wildman–Crippen MR) is 79.4 cm³/mol. The monoisotopic (exact) mass is 311 g/mol. The van der Waals surface area contributed by atoms with E-state index in [1.165, 1.54) is 11.1 Å².